The Morgan fingerprint density at radius 3 is 2.87 bits per heavy atom. The highest BCUT2D eigenvalue weighted by molar-refractivity contribution is 6.31. The Labute approximate surface area is 93.7 Å². The number of hydrogen-bond acceptors (Lipinski definition) is 3. The lowest BCUT2D eigenvalue weighted by atomic mass is 10.2. The third-order valence-corrected chi connectivity index (χ3v) is 2.61. The molecule has 1 unspecified atom stereocenters. The number of halogens is 1. The predicted molar refractivity (Wildman–Crippen MR) is 62.7 cm³/mol. The van der Waals surface area contributed by atoms with E-state index < -0.39 is 0 Å². The van der Waals surface area contributed by atoms with Gasteiger partial charge in [0.05, 0.1) is 6.04 Å². The maximum atomic E-state index is 8.50. The van der Waals surface area contributed by atoms with Crippen molar-refractivity contribution in [1.82, 2.24) is 0 Å². The lowest BCUT2D eigenvalue weighted by molar-refractivity contribution is 0.316. The van der Waals surface area contributed by atoms with E-state index in [-0.39, 0.29) is 11.9 Å². The van der Waals surface area contributed by atoms with Gasteiger partial charge in [-0.05, 0) is 31.5 Å². The number of nitrogens with zero attached hydrogens (tertiary/aromatic N) is 1. The molecule has 5 heteroatoms. The lowest BCUT2D eigenvalue weighted by Gasteiger charge is -2.16. The van der Waals surface area contributed by atoms with Crippen molar-refractivity contribution in [2.45, 2.75) is 19.9 Å². The SMILES string of the molecule is Cc1c(Cl)cccc1NC(C)C(N)=NO. The molecule has 4 N–H and O–H groups in total. The van der Waals surface area contributed by atoms with Crippen LogP contribution in [0.4, 0.5) is 5.69 Å². The Balaban J connectivity index is 2.86. The summed E-state index contributed by atoms with van der Waals surface area (Å²) in [6, 6.07) is 5.31. The van der Waals surface area contributed by atoms with Crippen molar-refractivity contribution >= 4 is 23.1 Å². The number of nitrogens with one attached hydrogen (secondary N) is 1. The van der Waals surface area contributed by atoms with Gasteiger partial charge in [-0.25, -0.2) is 0 Å². The number of rotatable bonds is 3. The topological polar surface area (TPSA) is 70.6 Å². The van der Waals surface area contributed by atoms with E-state index >= 15 is 0 Å². The van der Waals surface area contributed by atoms with Crippen LogP contribution in [0.1, 0.15) is 12.5 Å². The number of benzene rings is 1. The Kier molecular flexibility index (Phi) is 3.80. The molecule has 0 aliphatic rings. The first-order valence-electron chi connectivity index (χ1n) is 4.55. The van der Waals surface area contributed by atoms with Gasteiger partial charge in [0.2, 0.25) is 0 Å². The third kappa shape index (κ3) is 2.76. The monoisotopic (exact) mass is 227 g/mol. The van der Waals surface area contributed by atoms with Gasteiger partial charge in [-0.1, -0.05) is 22.8 Å². The Bertz CT molecular complexity index is 379. The van der Waals surface area contributed by atoms with Crippen LogP contribution in [0.15, 0.2) is 23.4 Å². The summed E-state index contributed by atoms with van der Waals surface area (Å²) in [7, 11) is 0. The number of anilines is 1. The molecule has 1 rings (SSSR count). The van der Waals surface area contributed by atoms with Gasteiger partial charge in [0, 0.05) is 10.7 Å². The van der Waals surface area contributed by atoms with Crippen LogP contribution >= 0.6 is 11.6 Å². The van der Waals surface area contributed by atoms with E-state index in [2.05, 4.69) is 10.5 Å². The van der Waals surface area contributed by atoms with Crippen LogP contribution < -0.4 is 11.1 Å². The van der Waals surface area contributed by atoms with Gasteiger partial charge in [-0.3, -0.25) is 0 Å². The molecule has 82 valence electrons. The second-order valence-electron chi connectivity index (χ2n) is 3.30. The van der Waals surface area contributed by atoms with Crippen LogP contribution in [0.5, 0.6) is 0 Å². The standard InChI is InChI=1S/C10H14ClN3O/c1-6-8(11)4-3-5-9(6)13-7(2)10(12)14-15/h3-5,7,13,15H,1-2H3,(H2,12,14). The number of hydrogen-bond donors (Lipinski definition) is 3. The van der Waals surface area contributed by atoms with E-state index in [0.717, 1.165) is 11.3 Å². The average Bonchev–Trinajstić information content (AvgIpc) is 2.23. The molecular formula is C10H14ClN3O. The van der Waals surface area contributed by atoms with Gasteiger partial charge in [0.15, 0.2) is 5.84 Å². The minimum absolute atomic E-state index is 0.134. The first kappa shape index (κ1) is 11.7. The minimum Gasteiger partial charge on any atom is -0.409 e. The molecule has 0 fully saturated rings. The Morgan fingerprint density at radius 2 is 2.27 bits per heavy atom. The molecule has 0 aromatic heterocycles. The molecule has 0 bridgehead atoms. The maximum Gasteiger partial charge on any atom is 0.161 e. The molecule has 1 atom stereocenters. The second-order valence-corrected chi connectivity index (χ2v) is 3.71. The van der Waals surface area contributed by atoms with Crippen molar-refractivity contribution in [3.8, 4) is 0 Å². The quantitative estimate of drug-likeness (QED) is 0.321. The van der Waals surface area contributed by atoms with Crippen LogP contribution in [0.2, 0.25) is 5.02 Å². The van der Waals surface area contributed by atoms with Crippen LogP contribution in [-0.4, -0.2) is 17.1 Å². The highest BCUT2D eigenvalue weighted by Gasteiger charge is 2.09. The van der Waals surface area contributed by atoms with E-state index in [4.69, 9.17) is 22.5 Å². The zero-order valence-corrected chi connectivity index (χ0v) is 9.42. The number of nitrogens with two attached hydrogens (primary N) is 1. The van der Waals surface area contributed by atoms with Crippen LogP contribution in [0, 0.1) is 6.92 Å². The van der Waals surface area contributed by atoms with Crippen molar-refractivity contribution in [2.24, 2.45) is 10.9 Å². The van der Waals surface area contributed by atoms with Crippen molar-refractivity contribution in [3.05, 3.63) is 28.8 Å². The molecule has 15 heavy (non-hydrogen) atoms. The largest absolute Gasteiger partial charge is 0.409 e. The molecule has 1 aromatic carbocycles. The van der Waals surface area contributed by atoms with E-state index in [1.54, 1.807) is 6.92 Å². The predicted octanol–water partition coefficient (Wildman–Crippen LogP) is 2.20. The zero-order chi connectivity index (χ0) is 11.4. The molecule has 0 aliphatic carbocycles. The summed E-state index contributed by atoms with van der Waals surface area (Å²) >= 11 is 5.96. The molecule has 0 heterocycles. The molecule has 4 nitrogen and oxygen atoms in total. The van der Waals surface area contributed by atoms with Crippen molar-refractivity contribution < 1.29 is 5.21 Å². The highest BCUT2D eigenvalue weighted by Crippen LogP contribution is 2.23. The van der Waals surface area contributed by atoms with Crippen LogP contribution in [0.3, 0.4) is 0 Å². The summed E-state index contributed by atoms with van der Waals surface area (Å²) in [6.45, 7) is 3.71. The zero-order valence-electron chi connectivity index (χ0n) is 8.66. The minimum atomic E-state index is -0.243. The van der Waals surface area contributed by atoms with Gasteiger partial charge in [0.25, 0.3) is 0 Å². The van der Waals surface area contributed by atoms with Gasteiger partial charge in [-0.15, -0.1) is 0 Å². The Hall–Kier alpha value is -1.42. The van der Waals surface area contributed by atoms with Gasteiger partial charge < -0.3 is 16.3 Å². The van der Waals surface area contributed by atoms with Gasteiger partial charge >= 0.3 is 0 Å². The first-order valence-corrected chi connectivity index (χ1v) is 4.93. The molecule has 0 amide bonds. The molecule has 0 aliphatic heterocycles. The molecule has 0 spiro atoms. The summed E-state index contributed by atoms with van der Waals surface area (Å²) in [5.74, 6) is 0.134. The van der Waals surface area contributed by atoms with Crippen molar-refractivity contribution in [3.63, 3.8) is 0 Å². The fraction of sp³-hybridized carbons (Fsp3) is 0.300. The summed E-state index contributed by atoms with van der Waals surface area (Å²) in [5, 5.41) is 15.2. The molecule has 0 radical (unpaired) electrons. The number of amidine groups is 1. The highest BCUT2D eigenvalue weighted by atomic mass is 35.5. The summed E-state index contributed by atoms with van der Waals surface area (Å²) < 4.78 is 0. The summed E-state index contributed by atoms with van der Waals surface area (Å²) in [6.07, 6.45) is 0. The smallest absolute Gasteiger partial charge is 0.161 e. The van der Waals surface area contributed by atoms with E-state index in [1.165, 1.54) is 0 Å². The van der Waals surface area contributed by atoms with Crippen LogP contribution in [0.25, 0.3) is 0 Å². The van der Waals surface area contributed by atoms with Crippen LogP contribution in [-0.2, 0) is 0 Å². The molecule has 0 saturated heterocycles. The maximum absolute atomic E-state index is 8.50. The fourth-order valence-electron chi connectivity index (χ4n) is 1.16. The Morgan fingerprint density at radius 1 is 1.60 bits per heavy atom. The molecular weight excluding hydrogens is 214 g/mol. The van der Waals surface area contributed by atoms with Crippen molar-refractivity contribution in [2.75, 3.05) is 5.32 Å². The van der Waals surface area contributed by atoms with E-state index in [0.29, 0.717) is 5.02 Å². The van der Waals surface area contributed by atoms with E-state index in [1.807, 2.05) is 25.1 Å². The summed E-state index contributed by atoms with van der Waals surface area (Å²) in [4.78, 5) is 0. The average molecular weight is 228 g/mol. The third-order valence-electron chi connectivity index (χ3n) is 2.20. The molecule has 1 aromatic rings. The van der Waals surface area contributed by atoms with E-state index in [9.17, 15) is 0 Å². The first-order chi connectivity index (χ1) is 7.06. The molecule has 0 saturated carbocycles. The lowest BCUT2D eigenvalue weighted by Crippen LogP contribution is -2.33. The normalized spacial score (nSPS) is 13.7. The second kappa shape index (κ2) is 4.89. The van der Waals surface area contributed by atoms with Gasteiger partial charge in [0.1, 0.15) is 0 Å². The van der Waals surface area contributed by atoms with Gasteiger partial charge in [-0.2, -0.15) is 0 Å². The van der Waals surface area contributed by atoms with Crippen molar-refractivity contribution in [1.29, 1.82) is 0 Å². The number of oxime groups is 1. The fourth-order valence-corrected chi connectivity index (χ4v) is 1.33. The summed E-state index contributed by atoms with van der Waals surface area (Å²) in [5.41, 5.74) is 7.27.